The highest BCUT2D eigenvalue weighted by molar-refractivity contribution is 7.92. The van der Waals surface area contributed by atoms with Crippen molar-refractivity contribution in [3.05, 3.63) is 47.6 Å². The predicted octanol–water partition coefficient (Wildman–Crippen LogP) is 4.14. The fourth-order valence-electron chi connectivity index (χ4n) is 1.98. The largest absolute Gasteiger partial charge is 0.370 e. The molecule has 0 fully saturated rings. The average molecular weight is 354 g/mol. The molecule has 1 heterocycles. The molecular formula is C16H20ClN3O2S. The number of anilines is 2. The van der Waals surface area contributed by atoms with Crippen LogP contribution in [0.3, 0.4) is 0 Å². The molecule has 7 heteroatoms. The number of benzene rings is 1. The van der Waals surface area contributed by atoms with E-state index in [4.69, 9.17) is 11.6 Å². The van der Waals surface area contributed by atoms with Gasteiger partial charge in [0.25, 0.3) is 10.0 Å². The van der Waals surface area contributed by atoms with Gasteiger partial charge >= 0.3 is 0 Å². The number of nitrogens with one attached hydrogen (secondary N) is 2. The number of unbranched alkanes of at least 4 members (excludes halogenated alkanes) is 2. The Hall–Kier alpha value is -1.79. The highest BCUT2D eigenvalue weighted by atomic mass is 35.5. The van der Waals surface area contributed by atoms with Gasteiger partial charge in [-0.05, 0) is 42.8 Å². The van der Waals surface area contributed by atoms with E-state index in [1.807, 2.05) is 0 Å². The van der Waals surface area contributed by atoms with E-state index in [9.17, 15) is 8.42 Å². The van der Waals surface area contributed by atoms with Gasteiger partial charge in [0.05, 0.1) is 16.8 Å². The number of halogens is 1. The van der Waals surface area contributed by atoms with Gasteiger partial charge in [-0.15, -0.1) is 0 Å². The smallest absolute Gasteiger partial charge is 0.261 e. The standard InChI is InChI=1S/C16H20ClN3O2S/c1-2-3-4-11-18-16-10-7-14(12-19-16)20-23(21,22)15-8-5-13(17)6-9-15/h5-10,12,20H,2-4,11H2,1H3,(H,18,19). The molecule has 0 saturated carbocycles. The number of pyridine rings is 1. The Kier molecular flexibility index (Phi) is 6.24. The lowest BCUT2D eigenvalue weighted by Crippen LogP contribution is -2.13. The van der Waals surface area contributed by atoms with Gasteiger partial charge in [0.2, 0.25) is 0 Å². The zero-order valence-electron chi connectivity index (χ0n) is 12.9. The molecule has 2 rings (SSSR count). The molecule has 0 amide bonds. The summed E-state index contributed by atoms with van der Waals surface area (Å²) in [5, 5.41) is 3.69. The highest BCUT2D eigenvalue weighted by Crippen LogP contribution is 2.18. The van der Waals surface area contributed by atoms with Crippen LogP contribution >= 0.6 is 11.6 Å². The molecule has 0 aliphatic heterocycles. The molecule has 0 unspecified atom stereocenters. The molecule has 0 saturated heterocycles. The summed E-state index contributed by atoms with van der Waals surface area (Å²) in [6.07, 6.45) is 4.92. The highest BCUT2D eigenvalue weighted by Gasteiger charge is 2.14. The summed E-state index contributed by atoms with van der Waals surface area (Å²) < 4.78 is 27.0. The maximum atomic E-state index is 12.2. The van der Waals surface area contributed by atoms with E-state index >= 15 is 0 Å². The van der Waals surface area contributed by atoms with Crippen LogP contribution in [0.4, 0.5) is 11.5 Å². The van der Waals surface area contributed by atoms with E-state index in [-0.39, 0.29) is 4.90 Å². The third-order valence-corrected chi connectivity index (χ3v) is 4.88. The van der Waals surface area contributed by atoms with E-state index in [2.05, 4.69) is 21.9 Å². The van der Waals surface area contributed by atoms with Gasteiger partial charge in [-0.25, -0.2) is 13.4 Å². The fraction of sp³-hybridized carbons (Fsp3) is 0.312. The van der Waals surface area contributed by atoms with E-state index < -0.39 is 10.0 Å². The molecule has 1 aromatic heterocycles. The maximum absolute atomic E-state index is 12.2. The van der Waals surface area contributed by atoms with E-state index in [1.165, 1.54) is 43.3 Å². The Balaban J connectivity index is 1.98. The van der Waals surface area contributed by atoms with E-state index in [1.54, 1.807) is 12.1 Å². The summed E-state index contributed by atoms with van der Waals surface area (Å²) in [5.74, 6) is 0.732. The van der Waals surface area contributed by atoms with Crippen LogP contribution in [0.25, 0.3) is 0 Å². The molecular weight excluding hydrogens is 334 g/mol. The molecule has 2 aromatic rings. The van der Waals surface area contributed by atoms with Crippen molar-refractivity contribution in [2.24, 2.45) is 0 Å². The van der Waals surface area contributed by atoms with Gasteiger partial charge in [-0.3, -0.25) is 4.72 Å². The van der Waals surface area contributed by atoms with Crippen molar-refractivity contribution in [2.75, 3.05) is 16.6 Å². The molecule has 0 atom stereocenters. The van der Waals surface area contributed by atoms with Crippen molar-refractivity contribution in [1.82, 2.24) is 4.98 Å². The molecule has 23 heavy (non-hydrogen) atoms. The van der Waals surface area contributed by atoms with Crippen LogP contribution in [0.15, 0.2) is 47.5 Å². The molecule has 0 spiro atoms. The van der Waals surface area contributed by atoms with Crippen molar-refractivity contribution in [3.63, 3.8) is 0 Å². The second-order valence-corrected chi connectivity index (χ2v) is 7.24. The zero-order chi connectivity index (χ0) is 16.7. The van der Waals surface area contributed by atoms with Crippen LogP contribution < -0.4 is 10.0 Å². The lowest BCUT2D eigenvalue weighted by atomic mass is 10.2. The third kappa shape index (κ3) is 5.41. The van der Waals surface area contributed by atoms with Crippen molar-refractivity contribution < 1.29 is 8.42 Å². The minimum Gasteiger partial charge on any atom is -0.370 e. The topological polar surface area (TPSA) is 71.1 Å². The van der Waals surface area contributed by atoms with Crippen LogP contribution in [0.2, 0.25) is 5.02 Å². The summed E-state index contributed by atoms with van der Waals surface area (Å²) in [4.78, 5) is 4.37. The summed E-state index contributed by atoms with van der Waals surface area (Å²) in [6, 6.07) is 9.44. The summed E-state index contributed by atoms with van der Waals surface area (Å²) >= 11 is 5.77. The molecule has 5 nitrogen and oxygen atoms in total. The van der Waals surface area contributed by atoms with Gasteiger partial charge in [-0.1, -0.05) is 31.4 Å². The average Bonchev–Trinajstić information content (AvgIpc) is 2.53. The number of nitrogens with zero attached hydrogens (tertiary/aromatic N) is 1. The first kappa shape index (κ1) is 17.6. The Morgan fingerprint density at radius 3 is 2.43 bits per heavy atom. The lowest BCUT2D eigenvalue weighted by Gasteiger charge is -2.09. The van der Waals surface area contributed by atoms with Crippen LogP contribution in [-0.4, -0.2) is 19.9 Å². The molecule has 0 bridgehead atoms. The van der Waals surface area contributed by atoms with Crippen LogP contribution in [0, 0.1) is 0 Å². The minimum absolute atomic E-state index is 0.156. The first-order valence-electron chi connectivity index (χ1n) is 7.49. The first-order chi connectivity index (χ1) is 11.0. The number of aromatic nitrogens is 1. The summed E-state index contributed by atoms with van der Waals surface area (Å²) in [6.45, 7) is 3.01. The summed E-state index contributed by atoms with van der Waals surface area (Å²) in [7, 11) is -3.64. The Labute approximate surface area is 142 Å². The lowest BCUT2D eigenvalue weighted by molar-refractivity contribution is 0.601. The van der Waals surface area contributed by atoms with Crippen molar-refractivity contribution >= 4 is 33.1 Å². The Morgan fingerprint density at radius 1 is 1.09 bits per heavy atom. The number of rotatable bonds is 8. The Morgan fingerprint density at radius 2 is 1.83 bits per heavy atom. The second-order valence-electron chi connectivity index (χ2n) is 5.13. The van der Waals surface area contributed by atoms with Crippen molar-refractivity contribution in [2.45, 2.75) is 31.1 Å². The van der Waals surface area contributed by atoms with Crippen molar-refractivity contribution in [3.8, 4) is 0 Å². The van der Waals surface area contributed by atoms with Gasteiger partial charge in [0, 0.05) is 11.6 Å². The quantitative estimate of drug-likeness (QED) is 0.700. The van der Waals surface area contributed by atoms with Crippen molar-refractivity contribution in [1.29, 1.82) is 0 Å². The fourth-order valence-corrected chi connectivity index (χ4v) is 3.15. The molecule has 0 radical (unpaired) electrons. The SMILES string of the molecule is CCCCCNc1ccc(NS(=O)(=O)c2ccc(Cl)cc2)cn1. The molecule has 0 aliphatic rings. The Bertz CT molecular complexity index is 716. The molecule has 2 N–H and O–H groups in total. The van der Waals surface area contributed by atoms with Crippen LogP contribution in [0.1, 0.15) is 26.2 Å². The van der Waals surface area contributed by atoms with Gasteiger partial charge in [0.1, 0.15) is 5.82 Å². The van der Waals surface area contributed by atoms with Crippen LogP contribution in [0.5, 0.6) is 0 Å². The molecule has 124 valence electrons. The minimum atomic E-state index is -3.64. The predicted molar refractivity (Wildman–Crippen MR) is 94.5 cm³/mol. The third-order valence-electron chi connectivity index (χ3n) is 3.23. The number of hydrogen-bond acceptors (Lipinski definition) is 4. The summed E-state index contributed by atoms with van der Waals surface area (Å²) in [5.41, 5.74) is 0.416. The van der Waals surface area contributed by atoms with E-state index in [0.29, 0.717) is 10.7 Å². The normalized spacial score (nSPS) is 11.2. The monoisotopic (exact) mass is 353 g/mol. The second kappa shape index (κ2) is 8.17. The number of sulfonamides is 1. The van der Waals surface area contributed by atoms with Gasteiger partial charge in [0.15, 0.2) is 0 Å². The molecule has 1 aromatic carbocycles. The van der Waals surface area contributed by atoms with Crippen LogP contribution in [-0.2, 0) is 10.0 Å². The first-order valence-corrected chi connectivity index (χ1v) is 9.35. The molecule has 0 aliphatic carbocycles. The zero-order valence-corrected chi connectivity index (χ0v) is 14.5. The maximum Gasteiger partial charge on any atom is 0.261 e. The number of hydrogen-bond donors (Lipinski definition) is 2. The van der Waals surface area contributed by atoms with Gasteiger partial charge in [-0.2, -0.15) is 0 Å². The van der Waals surface area contributed by atoms with Gasteiger partial charge < -0.3 is 5.32 Å². The van der Waals surface area contributed by atoms with E-state index in [0.717, 1.165) is 18.8 Å².